The average molecular weight is 257 g/mol. The number of amides is 1. The van der Waals surface area contributed by atoms with Crippen LogP contribution in [0.25, 0.3) is 0 Å². The van der Waals surface area contributed by atoms with Crippen LogP contribution in [0.3, 0.4) is 0 Å². The Hall–Kier alpha value is -0.810. The van der Waals surface area contributed by atoms with E-state index in [0.717, 1.165) is 32.1 Å². The molecule has 0 bridgehead atoms. The minimum absolute atomic E-state index is 0.0211. The fraction of sp³-hybridized carbons (Fsp3) is 0.909. The number of halogens is 4. The molecule has 0 unspecified atom stereocenters. The summed E-state index contributed by atoms with van der Waals surface area (Å²) in [4.78, 5) is 10.7. The second-order valence-electron chi connectivity index (χ2n) is 3.95. The first-order chi connectivity index (χ1) is 7.92. The van der Waals surface area contributed by atoms with Crippen molar-refractivity contribution in [2.75, 3.05) is 6.54 Å². The fourth-order valence-corrected chi connectivity index (χ4v) is 1.32. The van der Waals surface area contributed by atoms with Gasteiger partial charge in [0.25, 0.3) is 5.91 Å². The molecule has 1 amide bonds. The Morgan fingerprint density at radius 2 is 1.65 bits per heavy atom. The lowest BCUT2D eigenvalue weighted by Crippen LogP contribution is -2.45. The lowest BCUT2D eigenvalue weighted by molar-refractivity contribution is -0.169. The predicted octanol–water partition coefficient (Wildman–Crippen LogP) is 3.36. The zero-order valence-corrected chi connectivity index (χ0v) is 9.95. The minimum Gasteiger partial charge on any atom is -0.351 e. The topological polar surface area (TPSA) is 29.1 Å². The maximum absolute atomic E-state index is 12.5. The van der Waals surface area contributed by atoms with Gasteiger partial charge in [0.1, 0.15) is 0 Å². The molecule has 0 atom stereocenters. The molecule has 0 aromatic carbocycles. The molecule has 0 fully saturated rings. The van der Waals surface area contributed by atoms with Gasteiger partial charge in [0.2, 0.25) is 0 Å². The Kier molecular flexibility index (Phi) is 7.91. The Morgan fingerprint density at radius 3 is 2.18 bits per heavy atom. The van der Waals surface area contributed by atoms with Crippen molar-refractivity contribution in [3.63, 3.8) is 0 Å². The van der Waals surface area contributed by atoms with Gasteiger partial charge in [0, 0.05) is 6.54 Å². The lowest BCUT2D eigenvalue weighted by Gasteiger charge is -2.14. The third-order valence-corrected chi connectivity index (χ3v) is 2.39. The SMILES string of the molecule is CCCCCCCCNC(=O)C(F)(F)C(F)F. The normalized spacial score (nSPS) is 11.9. The Balaban J connectivity index is 3.58. The molecule has 0 rings (SSSR count). The molecule has 102 valence electrons. The number of carbonyl (C=O) groups is 1. The van der Waals surface area contributed by atoms with E-state index in [1.165, 1.54) is 0 Å². The molecular formula is C11H19F4NO. The third kappa shape index (κ3) is 6.48. The molecule has 0 aliphatic carbocycles. The third-order valence-electron chi connectivity index (χ3n) is 2.39. The number of carbonyl (C=O) groups excluding carboxylic acids is 1. The maximum Gasteiger partial charge on any atom is 0.383 e. The summed E-state index contributed by atoms with van der Waals surface area (Å²) in [5.41, 5.74) is 0. The van der Waals surface area contributed by atoms with Crippen molar-refractivity contribution in [3.05, 3.63) is 0 Å². The summed E-state index contributed by atoms with van der Waals surface area (Å²) in [5.74, 6) is -6.47. The van der Waals surface area contributed by atoms with Gasteiger partial charge < -0.3 is 5.32 Å². The average Bonchev–Trinajstić information content (AvgIpc) is 2.27. The summed E-state index contributed by atoms with van der Waals surface area (Å²) >= 11 is 0. The molecular weight excluding hydrogens is 238 g/mol. The maximum atomic E-state index is 12.5. The largest absolute Gasteiger partial charge is 0.383 e. The smallest absolute Gasteiger partial charge is 0.351 e. The molecule has 0 aliphatic heterocycles. The van der Waals surface area contributed by atoms with Crippen LogP contribution in [-0.2, 0) is 4.79 Å². The van der Waals surface area contributed by atoms with E-state index in [-0.39, 0.29) is 6.54 Å². The first kappa shape index (κ1) is 16.2. The monoisotopic (exact) mass is 257 g/mol. The molecule has 0 aromatic heterocycles. The predicted molar refractivity (Wildman–Crippen MR) is 57.3 cm³/mol. The highest BCUT2D eigenvalue weighted by Gasteiger charge is 2.48. The van der Waals surface area contributed by atoms with Crippen LogP contribution in [0.2, 0.25) is 0 Å². The summed E-state index contributed by atoms with van der Waals surface area (Å²) in [5, 5.41) is 1.83. The van der Waals surface area contributed by atoms with E-state index in [9.17, 15) is 22.4 Å². The van der Waals surface area contributed by atoms with Crippen molar-refractivity contribution >= 4 is 5.91 Å². The van der Waals surface area contributed by atoms with Crippen molar-refractivity contribution in [2.45, 2.75) is 57.8 Å². The van der Waals surface area contributed by atoms with Crippen LogP contribution in [0.5, 0.6) is 0 Å². The highest BCUT2D eigenvalue weighted by molar-refractivity contribution is 5.83. The summed E-state index contributed by atoms with van der Waals surface area (Å²) in [7, 11) is 0. The van der Waals surface area contributed by atoms with E-state index in [4.69, 9.17) is 0 Å². The quantitative estimate of drug-likeness (QED) is 0.498. The fourth-order valence-electron chi connectivity index (χ4n) is 1.32. The number of hydrogen-bond acceptors (Lipinski definition) is 1. The van der Waals surface area contributed by atoms with Gasteiger partial charge >= 0.3 is 12.3 Å². The number of alkyl halides is 4. The summed E-state index contributed by atoms with van der Waals surface area (Å²) in [6, 6.07) is 0. The van der Waals surface area contributed by atoms with Gasteiger partial charge in [-0.3, -0.25) is 4.79 Å². The highest BCUT2D eigenvalue weighted by atomic mass is 19.3. The molecule has 0 radical (unpaired) electrons. The first-order valence-corrected chi connectivity index (χ1v) is 5.87. The zero-order valence-electron chi connectivity index (χ0n) is 9.95. The molecule has 2 nitrogen and oxygen atoms in total. The van der Waals surface area contributed by atoms with Crippen LogP contribution in [0, 0.1) is 0 Å². The Bertz CT molecular complexity index is 222. The van der Waals surface area contributed by atoms with E-state index >= 15 is 0 Å². The van der Waals surface area contributed by atoms with E-state index in [1.54, 1.807) is 0 Å². The van der Waals surface area contributed by atoms with Crippen LogP contribution < -0.4 is 5.32 Å². The molecule has 0 saturated heterocycles. The van der Waals surface area contributed by atoms with Gasteiger partial charge in [-0.05, 0) is 6.42 Å². The second-order valence-corrected chi connectivity index (χ2v) is 3.95. The molecule has 0 aromatic rings. The van der Waals surface area contributed by atoms with E-state index in [1.807, 2.05) is 5.32 Å². The van der Waals surface area contributed by atoms with Crippen LogP contribution in [-0.4, -0.2) is 24.8 Å². The summed E-state index contributed by atoms with van der Waals surface area (Å²) < 4.78 is 48.4. The minimum atomic E-state index is -4.58. The van der Waals surface area contributed by atoms with Crippen molar-refractivity contribution in [1.82, 2.24) is 5.32 Å². The summed E-state index contributed by atoms with van der Waals surface area (Å²) in [6.45, 7) is 2.10. The molecule has 0 spiro atoms. The summed E-state index contributed by atoms with van der Waals surface area (Å²) in [6.07, 6.45) is 1.65. The molecule has 1 N–H and O–H groups in total. The number of nitrogens with one attached hydrogen (secondary N) is 1. The van der Waals surface area contributed by atoms with Crippen LogP contribution in [0.15, 0.2) is 0 Å². The number of rotatable bonds is 9. The molecule has 0 saturated carbocycles. The standard InChI is InChI=1S/C11H19F4NO/c1-2-3-4-5-6-7-8-16-10(17)11(14,15)9(12)13/h9H,2-8H2,1H3,(H,16,17). The van der Waals surface area contributed by atoms with E-state index in [2.05, 4.69) is 6.92 Å². The van der Waals surface area contributed by atoms with Gasteiger partial charge in [-0.15, -0.1) is 0 Å². The van der Waals surface area contributed by atoms with E-state index < -0.39 is 18.3 Å². The van der Waals surface area contributed by atoms with Crippen molar-refractivity contribution in [3.8, 4) is 0 Å². The zero-order chi connectivity index (χ0) is 13.3. The number of hydrogen-bond donors (Lipinski definition) is 1. The molecule has 17 heavy (non-hydrogen) atoms. The van der Waals surface area contributed by atoms with Gasteiger partial charge in [0.05, 0.1) is 0 Å². The number of unbranched alkanes of at least 4 members (excludes halogenated alkanes) is 5. The second kappa shape index (κ2) is 8.31. The van der Waals surface area contributed by atoms with E-state index in [0.29, 0.717) is 6.42 Å². The Labute approximate surface area is 98.8 Å². The molecule has 6 heteroatoms. The van der Waals surface area contributed by atoms with Crippen LogP contribution in [0.1, 0.15) is 45.4 Å². The van der Waals surface area contributed by atoms with Crippen molar-refractivity contribution in [1.29, 1.82) is 0 Å². The first-order valence-electron chi connectivity index (χ1n) is 5.87. The lowest BCUT2D eigenvalue weighted by atomic mass is 10.1. The molecule has 0 heterocycles. The van der Waals surface area contributed by atoms with Gasteiger partial charge in [0.15, 0.2) is 0 Å². The van der Waals surface area contributed by atoms with Crippen molar-refractivity contribution in [2.24, 2.45) is 0 Å². The van der Waals surface area contributed by atoms with Gasteiger partial charge in [-0.2, -0.15) is 8.78 Å². The van der Waals surface area contributed by atoms with Crippen LogP contribution in [0.4, 0.5) is 17.6 Å². The Morgan fingerprint density at radius 1 is 1.12 bits per heavy atom. The van der Waals surface area contributed by atoms with Gasteiger partial charge in [-0.1, -0.05) is 39.0 Å². The highest BCUT2D eigenvalue weighted by Crippen LogP contribution is 2.22. The van der Waals surface area contributed by atoms with Gasteiger partial charge in [-0.25, -0.2) is 8.78 Å². The van der Waals surface area contributed by atoms with Crippen molar-refractivity contribution < 1.29 is 22.4 Å². The van der Waals surface area contributed by atoms with Crippen LogP contribution >= 0.6 is 0 Å². The molecule has 0 aliphatic rings.